The Balaban J connectivity index is 1.41. The zero-order valence-electron chi connectivity index (χ0n) is 33.6. The van der Waals surface area contributed by atoms with Crippen LogP contribution in [-0.2, 0) is 0 Å². The molecule has 9 rings (SSSR count). The number of para-hydroxylation sites is 1. The fourth-order valence-electron chi connectivity index (χ4n) is 6.26. The summed E-state index contributed by atoms with van der Waals surface area (Å²) in [7, 11) is 0. The van der Waals surface area contributed by atoms with Crippen LogP contribution in [0.2, 0.25) is 0 Å². The molecule has 8 aromatic carbocycles. The summed E-state index contributed by atoms with van der Waals surface area (Å²) < 4.78 is 101. The molecule has 43 heavy (non-hydrogen) atoms. The summed E-state index contributed by atoms with van der Waals surface area (Å²) in [5.74, 6) is 0. The molecule has 0 unspecified atom stereocenters. The van der Waals surface area contributed by atoms with Gasteiger partial charge in [-0.15, -0.1) is 0 Å². The molecule has 1 aromatic heterocycles. The molecule has 200 valence electrons. The van der Waals surface area contributed by atoms with Gasteiger partial charge in [0.15, 0.2) is 0 Å². The van der Waals surface area contributed by atoms with E-state index >= 15 is 0 Å². The average Bonchev–Trinajstić information content (AvgIpc) is 3.56. The second kappa shape index (κ2) is 9.44. The van der Waals surface area contributed by atoms with Gasteiger partial charge in [-0.3, -0.25) is 0 Å². The van der Waals surface area contributed by atoms with Crippen molar-refractivity contribution in [3.8, 4) is 33.4 Å². The van der Waals surface area contributed by atoms with E-state index in [0.29, 0.717) is 38.2 Å². The highest BCUT2D eigenvalue weighted by Crippen LogP contribution is 2.45. The fraction of sp³-hybridized carbons (Fsp3) is 0. The zero-order valence-corrected chi connectivity index (χ0v) is 22.6. The third-order valence-electron chi connectivity index (χ3n) is 8.12. The van der Waals surface area contributed by atoms with Crippen molar-refractivity contribution in [2.75, 3.05) is 0 Å². The van der Waals surface area contributed by atoms with Gasteiger partial charge in [-0.2, -0.15) is 0 Å². The van der Waals surface area contributed by atoms with Gasteiger partial charge in [0.25, 0.3) is 0 Å². The lowest BCUT2D eigenvalue weighted by Gasteiger charge is -2.18. The molecular weight excluding hydrogens is 520 g/mol. The van der Waals surface area contributed by atoms with Crippen molar-refractivity contribution in [1.82, 2.24) is 0 Å². The lowest BCUT2D eigenvalue weighted by Crippen LogP contribution is -1.91. The molecule has 0 aliphatic heterocycles. The molecule has 0 amide bonds. The Morgan fingerprint density at radius 1 is 0.419 bits per heavy atom. The number of fused-ring (bicyclic) bond motifs is 6. The maximum absolute atomic E-state index is 9.08. The van der Waals surface area contributed by atoms with Crippen molar-refractivity contribution in [2.45, 2.75) is 0 Å². The van der Waals surface area contributed by atoms with Gasteiger partial charge >= 0.3 is 0 Å². The van der Waals surface area contributed by atoms with Crippen molar-refractivity contribution in [3.05, 3.63) is 157 Å². The largest absolute Gasteiger partial charge is 0.456 e. The van der Waals surface area contributed by atoms with E-state index < -0.39 is 30.2 Å². The van der Waals surface area contributed by atoms with Crippen molar-refractivity contribution >= 4 is 54.3 Å². The second-order valence-electron chi connectivity index (χ2n) is 10.5. The third kappa shape index (κ3) is 3.72. The van der Waals surface area contributed by atoms with Crippen LogP contribution in [0.25, 0.3) is 87.6 Å². The monoisotopic (exact) mass is 557 g/mol. The van der Waals surface area contributed by atoms with Gasteiger partial charge in [0, 0.05) is 10.8 Å². The highest BCUT2D eigenvalue weighted by Gasteiger charge is 2.18. The zero-order chi connectivity index (χ0) is 37.9. The summed E-state index contributed by atoms with van der Waals surface area (Å²) in [6, 6.07) is 24.7. The molecule has 0 aliphatic carbocycles. The Bertz CT molecular complexity index is 3060. The Labute approximate surface area is 264 Å². The van der Waals surface area contributed by atoms with E-state index in [2.05, 4.69) is 6.07 Å². The van der Waals surface area contributed by atoms with Crippen LogP contribution in [0.15, 0.2) is 162 Å². The molecule has 0 saturated heterocycles. The van der Waals surface area contributed by atoms with Crippen LogP contribution in [0, 0.1) is 0 Å². The second-order valence-corrected chi connectivity index (χ2v) is 10.5. The van der Waals surface area contributed by atoms with Gasteiger partial charge in [0.05, 0.1) is 15.1 Å². The smallest absolute Gasteiger partial charge is 0.136 e. The van der Waals surface area contributed by atoms with E-state index in [-0.39, 0.29) is 63.8 Å². The van der Waals surface area contributed by atoms with Crippen LogP contribution in [0.4, 0.5) is 0 Å². The Morgan fingerprint density at radius 2 is 1.05 bits per heavy atom. The molecule has 0 radical (unpaired) electrons. The number of benzene rings is 8. The first-order valence-corrected chi connectivity index (χ1v) is 13.9. The lowest BCUT2D eigenvalue weighted by atomic mass is 9.85. The average molecular weight is 558 g/mol. The van der Waals surface area contributed by atoms with E-state index in [4.69, 9.17) is 19.5 Å². The van der Waals surface area contributed by atoms with Crippen LogP contribution in [-0.4, -0.2) is 0 Å². The fourth-order valence-corrected chi connectivity index (χ4v) is 6.26. The van der Waals surface area contributed by atoms with E-state index in [1.165, 1.54) is 0 Å². The minimum absolute atomic E-state index is 0.00837. The summed E-state index contributed by atoms with van der Waals surface area (Å²) in [4.78, 5) is 0. The predicted molar refractivity (Wildman–Crippen MR) is 183 cm³/mol. The van der Waals surface area contributed by atoms with Crippen LogP contribution in [0.1, 0.15) is 15.1 Å². The molecular formula is C42H26O. The van der Waals surface area contributed by atoms with Gasteiger partial charge in [0.2, 0.25) is 0 Å². The summed E-state index contributed by atoms with van der Waals surface area (Å²) in [5, 5.41) is 4.78. The standard InChI is InChI=1S/C42H26O/c1-2-12-28-25-31(24-23-27(28)11-1)41-35-17-5-3-15-33(35)40(34-16-4-6-18-36(34)41)30-14-9-13-29(26-30)32-20-10-22-39-42(32)37-19-7-8-21-38(37)43-39/h1-26H/i3D,4D,5D,6D,7D,8D,10D,19D,20D,21D,22D. The van der Waals surface area contributed by atoms with Crippen LogP contribution < -0.4 is 0 Å². The Kier molecular flexibility index (Phi) is 3.41. The molecule has 0 N–H and O–H groups in total. The summed E-state index contributed by atoms with van der Waals surface area (Å²) in [5.41, 5.74) is 3.10. The highest BCUT2D eigenvalue weighted by atomic mass is 16.3. The molecule has 0 bridgehead atoms. The van der Waals surface area contributed by atoms with Crippen molar-refractivity contribution in [3.63, 3.8) is 0 Å². The first kappa shape index (κ1) is 15.5. The summed E-state index contributed by atoms with van der Waals surface area (Å²) in [6.07, 6.45) is 0. The topological polar surface area (TPSA) is 13.1 Å². The molecule has 0 atom stereocenters. The van der Waals surface area contributed by atoms with Gasteiger partial charge in [-0.05, 0) is 89.9 Å². The first-order chi connectivity index (χ1) is 25.8. The van der Waals surface area contributed by atoms with E-state index in [0.717, 1.165) is 21.9 Å². The van der Waals surface area contributed by atoms with Crippen molar-refractivity contribution < 1.29 is 19.5 Å². The summed E-state index contributed by atoms with van der Waals surface area (Å²) >= 11 is 0. The van der Waals surface area contributed by atoms with E-state index in [1.54, 1.807) is 42.5 Å². The quantitative estimate of drug-likeness (QED) is 0.197. The Morgan fingerprint density at radius 3 is 1.79 bits per heavy atom. The van der Waals surface area contributed by atoms with E-state index in [1.807, 2.05) is 42.5 Å². The third-order valence-corrected chi connectivity index (χ3v) is 8.12. The predicted octanol–water partition coefficient (Wildman–Crippen LogP) is 12.0. The molecule has 9 aromatic rings. The highest BCUT2D eigenvalue weighted by molar-refractivity contribution is 6.22. The van der Waals surface area contributed by atoms with Crippen LogP contribution in [0.3, 0.4) is 0 Å². The summed E-state index contributed by atoms with van der Waals surface area (Å²) in [6.45, 7) is 0. The maximum atomic E-state index is 9.08. The molecule has 1 heterocycles. The minimum Gasteiger partial charge on any atom is -0.456 e. The molecule has 0 spiro atoms. The first-order valence-electron chi connectivity index (χ1n) is 19.4. The van der Waals surface area contributed by atoms with E-state index in [9.17, 15) is 0 Å². The van der Waals surface area contributed by atoms with Crippen LogP contribution in [0.5, 0.6) is 0 Å². The van der Waals surface area contributed by atoms with Crippen LogP contribution >= 0.6 is 0 Å². The Hall–Kier alpha value is -5.66. The number of hydrogen-bond acceptors (Lipinski definition) is 1. The van der Waals surface area contributed by atoms with Gasteiger partial charge in [0.1, 0.15) is 11.2 Å². The number of rotatable bonds is 3. The van der Waals surface area contributed by atoms with Gasteiger partial charge in [-0.1, -0.05) is 133 Å². The number of furan rings is 1. The normalized spacial score (nSPS) is 15.3. The lowest BCUT2D eigenvalue weighted by molar-refractivity contribution is 0.669. The maximum Gasteiger partial charge on any atom is 0.136 e. The number of hydrogen-bond donors (Lipinski definition) is 0. The molecule has 0 saturated carbocycles. The van der Waals surface area contributed by atoms with Crippen molar-refractivity contribution in [2.24, 2.45) is 0 Å². The van der Waals surface area contributed by atoms with Gasteiger partial charge < -0.3 is 4.42 Å². The van der Waals surface area contributed by atoms with Gasteiger partial charge in [-0.25, -0.2) is 0 Å². The van der Waals surface area contributed by atoms with Crippen molar-refractivity contribution in [1.29, 1.82) is 0 Å². The molecule has 1 heteroatoms. The minimum atomic E-state index is -0.501. The molecule has 0 fully saturated rings. The SMILES string of the molecule is [2H]c1cc2c(-c3cccc(-c4c([2H])c([2H])c([2H])c5oc6c([2H])c([2H])c([2H])c([2H])c6c45)c3)c3cc([2H])c([2H])cc3c(-c3ccc4ccccc4c3)c2cc1[2H]. The molecule has 1 nitrogen and oxygen atoms in total. The molecule has 0 aliphatic rings.